The molecule has 0 unspecified atom stereocenters. The Morgan fingerprint density at radius 2 is 2.13 bits per heavy atom. The lowest BCUT2D eigenvalue weighted by Crippen LogP contribution is -2.38. The van der Waals surface area contributed by atoms with Crippen molar-refractivity contribution in [1.82, 2.24) is 20.2 Å². The summed E-state index contributed by atoms with van der Waals surface area (Å²) < 4.78 is 7.64. The van der Waals surface area contributed by atoms with Crippen LogP contribution in [0.3, 0.4) is 0 Å². The molecule has 7 heteroatoms. The van der Waals surface area contributed by atoms with Crippen LogP contribution in [-0.2, 0) is 11.3 Å². The molecular formula is C16H32IN5O. The summed E-state index contributed by atoms with van der Waals surface area (Å²) >= 11 is 0. The monoisotopic (exact) mass is 437 g/mol. The highest BCUT2D eigenvalue weighted by Crippen LogP contribution is 1.93. The fourth-order valence-electron chi connectivity index (χ4n) is 1.90. The maximum absolute atomic E-state index is 5.57. The molecule has 0 saturated carbocycles. The molecule has 23 heavy (non-hydrogen) atoms. The first-order chi connectivity index (χ1) is 10.7. The van der Waals surface area contributed by atoms with Gasteiger partial charge in [-0.25, -0.2) is 4.98 Å². The highest BCUT2D eigenvalue weighted by Gasteiger charge is 1.98. The van der Waals surface area contributed by atoms with Crippen molar-refractivity contribution in [2.45, 2.75) is 40.2 Å². The highest BCUT2D eigenvalue weighted by atomic mass is 127. The van der Waals surface area contributed by atoms with Crippen molar-refractivity contribution >= 4 is 29.9 Å². The Kier molecular flexibility index (Phi) is 14.2. The van der Waals surface area contributed by atoms with Crippen molar-refractivity contribution in [3.05, 3.63) is 18.7 Å². The summed E-state index contributed by atoms with van der Waals surface area (Å²) in [5.41, 5.74) is 0. The molecule has 6 nitrogen and oxygen atoms in total. The molecule has 1 aromatic heterocycles. The van der Waals surface area contributed by atoms with E-state index in [-0.39, 0.29) is 24.0 Å². The molecule has 0 spiro atoms. The number of ether oxygens (including phenoxy) is 1. The van der Waals surface area contributed by atoms with Crippen LogP contribution in [0.5, 0.6) is 0 Å². The number of imidazole rings is 1. The highest BCUT2D eigenvalue weighted by molar-refractivity contribution is 14.0. The first-order valence-corrected chi connectivity index (χ1v) is 8.28. The van der Waals surface area contributed by atoms with E-state index in [9.17, 15) is 0 Å². The zero-order valence-electron chi connectivity index (χ0n) is 14.6. The molecule has 0 aliphatic carbocycles. The molecule has 1 heterocycles. The van der Waals surface area contributed by atoms with E-state index in [1.807, 2.05) is 12.5 Å². The van der Waals surface area contributed by atoms with Crippen LogP contribution in [0.2, 0.25) is 0 Å². The molecule has 0 aliphatic rings. The van der Waals surface area contributed by atoms with Gasteiger partial charge in [0.25, 0.3) is 0 Å². The third kappa shape index (κ3) is 12.3. The van der Waals surface area contributed by atoms with Crippen molar-refractivity contribution in [3.63, 3.8) is 0 Å². The molecule has 0 fully saturated rings. The van der Waals surface area contributed by atoms with Gasteiger partial charge in [0, 0.05) is 51.8 Å². The Morgan fingerprint density at radius 3 is 2.78 bits per heavy atom. The fourth-order valence-corrected chi connectivity index (χ4v) is 1.90. The lowest BCUT2D eigenvalue weighted by atomic mass is 10.2. The van der Waals surface area contributed by atoms with Crippen LogP contribution in [0.4, 0.5) is 0 Å². The normalized spacial score (nSPS) is 11.4. The van der Waals surface area contributed by atoms with E-state index in [0.29, 0.717) is 5.92 Å². The summed E-state index contributed by atoms with van der Waals surface area (Å²) in [7, 11) is 0. The standard InChI is InChI=1S/C16H31N5O.HI/c1-4-18-16(20-8-6-12-22-13-15(2)3)19-7-5-10-21-11-9-17-14-21;/h9,11,14-15H,4-8,10,12-13H2,1-3H3,(H2,18,19,20);1H. The Bertz CT molecular complexity index is 395. The van der Waals surface area contributed by atoms with Crippen LogP contribution in [0, 0.1) is 5.92 Å². The van der Waals surface area contributed by atoms with Gasteiger partial charge in [0.2, 0.25) is 0 Å². The number of hydrogen-bond donors (Lipinski definition) is 2. The quantitative estimate of drug-likeness (QED) is 0.242. The topological polar surface area (TPSA) is 63.5 Å². The van der Waals surface area contributed by atoms with E-state index in [4.69, 9.17) is 4.74 Å². The molecule has 2 N–H and O–H groups in total. The number of nitrogens with one attached hydrogen (secondary N) is 2. The van der Waals surface area contributed by atoms with E-state index < -0.39 is 0 Å². The average molecular weight is 437 g/mol. The van der Waals surface area contributed by atoms with Gasteiger partial charge in [-0.1, -0.05) is 13.8 Å². The van der Waals surface area contributed by atoms with Crippen LogP contribution in [0.25, 0.3) is 0 Å². The largest absolute Gasteiger partial charge is 0.381 e. The molecule has 0 aromatic carbocycles. The maximum atomic E-state index is 5.57. The molecular weight excluding hydrogens is 405 g/mol. The van der Waals surface area contributed by atoms with Gasteiger partial charge in [-0.05, 0) is 25.7 Å². The second kappa shape index (κ2) is 14.7. The van der Waals surface area contributed by atoms with Crippen LogP contribution >= 0.6 is 24.0 Å². The summed E-state index contributed by atoms with van der Waals surface area (Å²) in [6.07, 6.45) is 7.61. The van der Waals surface area contributed by atoms with Gasteiger partial charge in [0.1, 0.15) is 0 Å². The van der Waals surface area contributed by atoms with Gasteiger partial charge >= 0.3 is 0 Å². The Labute approximate surface area is 157 Å². The Morgan fingerprint density at radius 1 is 1.30 bits per heavy atom. The molecule has 134 valence electrons. The van der Waals surface area contributed by atoms with Crippen LogP contribution < -0.4 is 10.6 Å². The smallest absolute Gasteiger partial charge is 0.191 e. The molecule has 0 atom stereocenters. The summed E-state index contributed by atoms with van der Waals surface area (Å²) in [6, 6.07) is 0. The van der Waals surface area contributed by atoms with Gasteiger partial charge in [-0.15, -0.1) is 24.0 Å². The molecule has 1 rings (SSSR count). The number of nitrogens with zero attached hydrogens (tertiary/aromatic N) is 3. The average Bonchev–Trinajstić information content (AvgIpc) is 3.00. The van der Waals surface area contributed by atoms with E-state index in [0.717, 1.165) is 58.2 Å². The number of aromatic nitrogens is 2. The maximum Gasteiger partial charge on any atom is 0.191 e. The lowest BCUT2D eigenvalue weighted by Gasteiger charge is -2.12. The predicted octanol–water partition coefficient (Wildman–Crippen LogP) is 2.51. The van der Waals surface area contributed by atoms with Gasteiger partial charge in [-0.3, -0.25) is 4.99 Å². The van der Waals surface area contributed by atoms with Crippen molar-refractivity contribution < 1.29 is 4.74 Å². The molecule has 0 amide bonds. The number of halogens is 1. The minimum atomic E-state index is 0. The van der Waals surface area contributed by atoms with E-state index in [1.165, 1.54) is 0 Å². The second-order valence-corrected chi connectivity index (χ2v) is 5.66. The lowest BCUT2D eigenvalue weighted by molar-refractivity contribution is 0.108. The minimum Gasteiger partial charge on any atom is -0.381 e. The zero-order valence-corrected chi connectivity index (χ0v) is 17.0. The van der Waals surface area contributed by atoms with Crippen molar-refractivity contribution in [2.75, 3.05) is 32.8 Å². The molecule has 0 bridgehead atoms. The van der Waals surface area contributed by atoms with Crippen molar-refractivity contribution in [2.24, 2.45) is 10.9 Å². The fraction of sp³-hybridized carbons (Fsp3) is 0.750. The first-order valence-electron chi connectivity index (χ1n) is 8.28. The van der Waals surface area contributed by atoms with Gasteiger partial charge in [-0.2, -0.15) is 0 Å². The number of guanidine groups is 1. The van der Waals surface area contributed by atoms with E-state index in [1.54, 1.807) is 6.20 Å². The first kappa shape index (κ1) is 22.2. The minimum absolute atomic E-state index is 0. The molecule has 0 radical (unpaired) electrons. The second-order valence-electron chi connectivity index (χ2n) is 5.66. The van der Waals surface area contributed by atoms with Crippen molar-refractivity contribution in [3.8, 4) is 0 Å². The van der Waals surface area contributed by atoms with Crippen molar-refractivity contribution in [1.29, 1.82) is 0 Å². The number of rotatable bonds is 11. The number of aliphatic imine (C=N–C) groups is 1. The summed E-state index contributed by atoms with van der Waals surface area (Å²) in [5, 5.41) is 6.61. The van der Waals surface area contributed by atoms with E-state index in [2.05, 4.69) is 45.9 Å². The third-order valence-electron chi connectivity index (χ3n) is 2.96. The van der Waals surface area contributed by atoms with Gasteiger partial charge in [0.05, 0.1) is 6.33 Å². The summed E-state index contributed by atoms with van der Waals surface area (Å²) in [5.74, 6) is 1.49. The van der Waals surface area contributed by atoms with Gasteiger partial charge in [0.15, 0.2) is 5.96 Å². The van der Waals surface area contributed by atoms with Crippen LogP contribution in [0.1, 0.15) is 33.6 Å². The zero-order chi connectivity index (χ0) is 16.0. The summed E-state index contributed by atoms with van der Waals surface area (Å²) in [6.45, 7) is 11.5. The Balaban J connectivity index is 0.00000484. The third-order valence-corrected chi connectivity index (χ3v) is 2.96. The number of aryl methyl sites for hydroxylation is 1. The van der Waals surface area contributed by atoms with E-state index >= 15 is 0 Å². The van der Waals surface area contributed by atoms with Gasteiger partial charge < -0.3 is 19.9 Å². The molecule has 0 aliphatic heterocycles. The van der Waals surface area contributed by atoms with Crippen LogP contribution in [-0.4, -0.2) is 48.4 Å². The molecule has 1 aromatic rings. The SMILES string of the molecule is CCNC(=NCCCn1ccnc1)NCCCOCC(C)C.I. The molecule has 0 saturated heterocycles. The Hall–Kier alpha value is -0.830. The van der Waals surface area contributed by atoms with Crippen LogP contribution in [0.15, 0.2) is 23.7 Å². The number of hydrogen-bond acceptors (Lipinski definition) is 3. The predicted molar refractivity (Wildman–Crippen MR) is 107 cm³/mol. The summed E-state index contributed by atoms with van der Waals surface area (Å²) in [4.78, 5) is 8.61.